The molecule has 6 heterocycles. The van der Waals surface area contributed by atoms with Crippen LogP contribution in [-0.4, -0.2) is 20.4 Å². The van der Waals surface area contributed by atoms with Gasteiger partial charge >= 0.3 is 0 Å². The highest BCUT2D eigenvalue weighted by Crippen LogP contribution is 2.55. The van der Waals surface area contributed by atoms with Crippen molar-refractivity contribution in [2.75, 3.05) is 9.80 Å². The Morgan fingerprint density at radius 2 is 0.675 bits per heavy atom. The molecule has 570 valence electrons. The maximum atomic E-state index is 9.99. The smallest absolute Gasteiger partial charge is 0.252 e. The minimum atomic E-state index is -0.766. The molecule has 0 N–H and O–H groups in total. The van der Waals surface area contributed by atoms with Crippen molar-refractivity contribution in [2.24, 2.45) is 0 Å². The summed E-state index contributed by atoms with van der Waals surface area (Å²) in [5.41, 5.74) is 21.8. The molecule has 0 spiro atoms. The Labute approximate surface area is 704 Å². The molecule has 0 fully saturated rings. The molecule has 0 saturated carbocycles. The lowest BCUT2D eigenvalue weighted by molar-refractivity contribution is 0.590. The summed E-state index contributed by atoms with van der Waals surface area (Å²) >= 11 is 0. The van der Waals surface area contributed by atoms with Crippen molar-refractivity contribution in [3.05, 3.63) is 337 Å². The second-order valence-electron chi connectivity index (χ2n) is 37.2. The van der Waals surface area contributed by atoms with Crippen LogP contribution in [0.2, 0.25) is 0 Å². The molecule has 0 aliphatic carbocycles. The van der Waals surface area contributed by atoms with Crippen molar-refractivity contribution in [1.29, 1.82) is 0 Å². The van der Waals surface area contributed by atoms with Gasteiger partial charge in [-0.25, -0.2) is 0 Å². The van der Waals surface area contributed by atoms with Crippen molar-refractivity contribution in [2.45, 2.75) is 131 Å². The molecule has 0 atom stereocenters. The van der Waals surface area contributed by atoms with Crippen LogP contribution in [0.1, 0.15) is 149 Å². The highest BCUT2D eigenvalue weighted by atomic mass is 16.3. The topological polar surface area (TPSA) is 34.4 Å². The SMILES string of the molecule is [2H]c1c([2H])c([2H])c(-c2ccc3c(c2)N(c2c(-c4ccccc4)cc(C(C)(C)C)cc2-c2ccccc2)c2cc(-n4c5ccc(C(C)(C)C)cc5c5cc(C(C)(C)C)ccc54)cc4c2B3c2ccc(-n3c5c([2H])c([2H])c([2H])c([2H])c5c5c([2H])c([2H])c([2H])c([2H])c53)cc2N4c2cccc3c2oc2c(-n4c5ccc(C(C)(C)C)cc5c5cc(C(C)(C)C)ccc54)cccc23)c([2H])c1[2H]. The first-order chi connectivity index (χ1) is 61.6. The molecule has 7 heteroatoms. The number of hydrogen-bond donors (Lipinski definition) is 0. The third-order valence-electron chi connectivity index (χ3n) is 24.7. The van der Waals surface area contributed by atoms with E-state index in [2.05, 4.69) is 305 Å². The number of rotatable bonds is 8. The first-order valence-electron chi connectivity index (χ1n) is 47.2. The summed E-state index contributed by atoms with van der Waals surface area (Å²) < 4.78 is 138. The predicted octanol–water partition coefficient (Wildman–Crippen LogP) is 28.4. The van der Waals surface area contributed by atoms with Gasteiger partial charge in [0.1, 0.15) is 0 Å². The van der Waals surface area contributed by atoms with E-state index in [1.165, 1.54) is 11.1 Å². The molecule has 0 saturated heterocycles. The molecule has 117 heavy (non-hydrogen) atoms. The van der Waals surface area contributed by atoms with Gasteiger partial charge in [-0.3, -0.25) is 0 Å². The minimum Gasteiger partial charge on any atom is -0.452 e. The first kappa shape index (κ1) is 58.9. The van der Waals surface area contributed by atoms with Crippen LogP contribution in [0.15, 0.2) is 313 Å². The van der Waals surface area contributed by atoms with Crippen LogP contribution in [0.4, 0.5) is 34.1 Å². The molecule has 15 aromatic carbocycles. The summed E-state index contributed by atoms with van der Waals surface area (Å²) in [6, 6.07) is 75.6. The molecule has 0 bridgehead atoms. The van der Waals surface area contributed by atoms with Crippen LogP contribution in [0.5, 0.6) is 0 Å². The van der Waals surface area contributed by atoms with Crippen LogP contribution >= 0.6 is 0 Å². The highest BCUT2D eigenvalue weighted by Gasteiger charge is 2.46. The molecule has 4 aromatic heterocycles. The van der Waals surface area contributed by atoms with E-state index in [1.54, 1.807) is 4.57 Å². The monoisotopic (exact) mass is 1530 g/mol. The highest BCUT2D eigenvalue weighted by molar-refractivity contribution is 7.00. The fourth-order valence-corrected chi connectivity index (χ4v) is 18.5. The number of para-hydroxylation sites is 4. The fourth-order valence-electron chi connectivity index (χ4n) is 18.5. The van der Waals surface area contributed by atoms with E-state index in [1.807, 2.05) is 48.5 Å². The van der Waals surface area contributed by atoms with Crippen LogP contribution in [0.3, 0.4) is 0 Å². The normalized spacial score (nSPS) is 14.9. The van der Waals surface area contributed by atoms with E-state index in [9.17, 15) is 16.4 Å². The predicted molar refractivity (Wildman–Crippen MR) is 501 cm³/mol. The second-order valence-corrected chi connectivity index (χ2v) is 37.2. The van der Waals surface area contributed by atoms with Gasteiger partial charge in [-0.1, -0.05) is 298 Å². The quantitative estimate of drug-likeness (QED) is 0.142. The fraction of sp³-hybridized carbons (Fsp3) is 0.182. The maximum absolute atomic E-state index is 9.99. The zero-order valence-electron chi connectivity index (χ0n) is 81.7. The number of furan rings is 1. The van der Waals surface area contributed by atoms with Crippen molar-refractivity contribution < 1.29 is 22.2 Å². The van der Waals surface area contributed by atoms with Crippen molar-refractivity contribution in [3.8, 4) is 50.4 Å². The Hall–Kier alpha value is -12.8. The zero-order valence-corrected chi connectivity index (χ0v) is 68.7. The van der Waals surface area contributed by atoms with E-state index in [-0.39, 0.29) is 61.1 Å². The Morgan fingerprint density at radius 1 is 0.265 bits per heavy atom. The van der Waals surface area contributed by atoms with E-state index in [0.29, 0.717) is 45.2 Å². The van der Waals surface area contributed by atoms with E-state index >= 15 is 0 Å². The lowest BCUT2D eigenvalue weighted by atomic mass is 9.33. The van der Waals surface area contributed by atoms with E-state index in [0.717, 1.165) is 132 Å². The third kappa shape index (κ3) is 11.3. The number of benzene rings is 15. The average molecular weight is 1530 g/mol. The molecular formula is C110H96BN5O. The Bertz CT molecular complexity index is 7880. The number of aromatic nitrogens is 3. The molecule has 2 aliphatic heterocycles. The van der Waals surface area contributed by atoms with Crippen LogP contribution in [0, 0.1) is 0 Å². The molecule has 21 rings (SSSR count). The minimum absolute atomic E-state index is 0.0183. The molecule has 19 aromatic rings. The zero-order chi connectivity index (χ0) is 91.6. The molecule has 2 aliphatic rings. The number of nitrogens with zero attached hydrogens (tertiary/aromatic N) is 5. The molecule has 6 nitrogen and oxygen atoms in total. The van der Waals surface area contributed by atoms with Gasteiger partial charge in [-0.2, -0.15) is 0 Å². The van der Waals surface area contributed by atoms with Gasteiger partial charge in [-0.15, -0.1) is 0 Å². The molecule has 0 unspecified atom stereocenters. The van der Waals surface area contributed by atoms with Gasteiger partial charge < -0.3 is 27.9 Å². The first-order valence-corrected chi connectivity index (χ1v) is 40.7. The summed E-state index contributed by atoms with van der Waals surface area (Å²) in [7, 11) is 0. The molecule has 0 radical (unpaired) electrons. The number of fused-ring (bicyclic) bond motifs is 16. The Morgan fingerprint density at radius 3 is 1.16 bits per heavy atom. The number of anilines is 6. The summed E-state index contributed by atoms with van der Waals surface area (Å²) in [5, 5.41) is 5.83. The summed E-state index contributed by atoms with van der Waals surface area (Å²) in [6.07, 6.45) is 0. The lowest BCUT2D eigenvalue weighted by Gasteiger charge is -2.45. The second kappa shape index (κ2) is 25.8. The maximum Gasteiger partial charge on any atom is 0.252 e. The van der Waals surface area contributed by atoms with Gasteiger partial charge in [0.25, 0.3) is 6.71 Å². The molecular weight excluding hydrogens is 1420 g/mol. The van der Waals surface area contributed by atoms with Crippen molar-refractivity contribution in [3.63, 3.8) is 0 Å². The largest absolute Gasteiger partial charge is 0.452 e. The summed E-state index contributed by atoms with van der Waals surface area (Å²) in [6.45, 7) is 32.9. The Balaban J connectivity index is 0.969. The lowest BCUT2D eigenvalue weighted by Crippen LogP contribution is -2.61. The average Bonchev–Trinajstić information content (AvgIpc) is 0.866. The Kier molecular flexibility index (Phi) is 13.0. The van der Waals surface area contributed by atoms with Crippen LogP contribution in [-0.2, 0) is 27.1 Å². The summed E-state index contributed by atoms with van der Waals surface area (Å²) in [4.78, 5) is 4.65. The van der Waals surface area contributed by atoms with Crippen LogP contribution < -0.4 is 26.2 Å². The third-order valence-corrected chi connectivity index (χ3v) is 24.7. The van der Waals surface area contributed by atoms with Gasteiger partial charge in [0.15, 0.2) is 11.2 Å². The van der Waals surface area contributed by atoms with Gasteiger partial charge in [-0.05, 0) is 209 Å². The van der Waals surface area contributed by atoms with E-state index in [4.69, 9.17) is 5.79 Å². The van der Waals surface area contributed by atoms with Crippen molar-refractivity contribution >= 4 is 145 Å². The van der Waals surface area contributed by atoms with Crippen LogP contribution in [0.25, 0.3) is 138 Å². The number of hydrogen-bond acceptors (Lipinski definition) is 3. The van der Waals surface area contributed by atoms with Crippen molar-refractivity contribution in [1.82, 2.24) is 13.7 Å². The van der Waals surface area contributed by atoms with E-state index < -0.39 is 78.6 Å². The van der Waals surface area contributed by atoms with Gasteiger partial charge in [0.2, 0.25) is 0 Å². The van der Waals surface area contributed by atoms with Gasteiger partial charge in [0.05, 0.1) is 73.7 Å². The molecule has 0 amide bonds. The standard InChI is InChI=1S/C110H96BN5O/c1-106(2,3)71-46-53-92-84(58-71)85-59-72(107(4,5)6)47-54-93(85)113(92)77-65-100-102-101(66-77)116(103-82(68-33-21-17-22-34-68)62-75(110(13,14)15)63-83(103)69-35-23-18-24-36-69)98-57-70(67-31-19-16-20-32-67)45-51-88(98)111(102)89-52-50-76(112-90-41-27-25-37-78(90)79-38-26-28-42-91(79)112)64-99(89)115(100)97-44-30-40-81-80-39-29-43-96(104(80)117-105(81)97)114-94-55-48-73(108(7,8)9)60-86(94)87-61-74(109(10,11)12)49-56-95(87)114/h16-66H,1-15H3/i16D,19D,20D,25D,26D,27D,28D,31D,32D,37D,38D,41D,42D. The summed E-state index contributed by atoms with van der Waals surface area (Å²) in [5.74, 6) is 0. The van der Waals surface area contributed by atoms with Gasteiger partial charge in [0, 0.05) is 82.7 Å².